The summed E-state index contributed by atoms with van der Waals surface area (Å²) in [7, 11) is 1.91. The molecule has 4 aliphatic carbocycles. The minimum Gasteiger partial charge on any atom is -0.507 e. The number of fused-ring (bicyclic) bond motifs is 1. The van der Waals surface area contributed by atoms with Crippen molar-refractivity contribution in [3.05, 3.63) is 42.0 Å². The first kappa shape index (κ1) is 13.9. The zero-order valence-corrected chi connectivity index (χ0v) is 13.7. The summed E-state index contributed by atoms with van der Waals surface area (Å²) in [6.07, 6.45) is 6.71. The Kier molecular flexibility index (Phi) is 2.85. The fourth-order valence-corrected chi connectivity index (χ4v) is 6.40. The molecule has 0 aromatic heterocycles. The van der Waals surface area contributed by atoms with Crippen LogP contribution < -0.4 is 0 Å². The molecule has 120 valence electrons. The molecule has 4 bridgehead atoms. The lowest BCUT2D eigenvalue weighted by atomic mass is 9.48. The Balaban J connectivity index is 1.75. The van der Waals surface area contributed by atoms with Crippen LogP contribution in [0.2, 0.25) is 0 Å². The van der Waals surface area contributed by atoms with Crippen LogP contribution in [-0.4, -0.2) is 12.2 Å². The number of methoxy groups -OCH3 is 1. The predicted molar refractivity (Wildman–Crippen MR) is 91.3 cm³/mol. The molecule has 0 saturated heterocycles. The topological polar surface area (TPSA) is 29.5 Å². The summed E-state index contributed by atoms with van der Waals surface area (Å²) >= 11 is 0. The van der Waals surface area contributed by atoms with Crippen molar-refractivity contribution in [2.75, 3.05) is 7.11 Å². The van der Waals surface area contributed by atoms with E-state index in [1.54, 1.807) is 6.07 Å². The lowest BCUT2D eigenvalue weighted by molar-refractivity contribution is -0.196. The highest BCUT2D eigenvalue weighted by molar-refractivity contribution is 5.91. The van der Waals surface area contributed by atoms with E-state index >= 15 is 0 Å². The van der Waals surface area contributed by atoms with E-state index < -0.39 is 0 Å². The lowest BCUT2D eigenvalue weighted by Crippen LogP contribution is -2.56. The molecule has 6 rings (SSSR count). The first-order valence-electron chi connectivity index (χ1n) is 8.98. The number of phenols is 1. The van der Waals surface area contributed by atoms with Crippen molar-refractivity contribution < 1.29 is 9.84 Å². The van der Waals surface area contributed by atoms with Gasteiger partial charge < -0.3 is 9.84 Å². The largest absolute Gasteiger partial charge is 0.507 e. The van der Waals surface area contributed by atoms with Gasteiger partial charge in [-0.05, 0) is 72.8 Å². The lowest BCUT2D eigenvalue weighted by Gasteiger charge is -2.60. The summed E-state index contributed by atoms with van der Waals surface area (Å²) in [5.74, 6) is 3.49. The highest BCUT2D eigenvalue weighted by atomic mass is 16.5. The molecule has 0 amide bonds. The Labute approximate surface area is 137 Å². The zero-order chi connectivity index (χ0) is 15.6. The first-order valence-corrected chi connectivity index (χ1v) is 8.98. The van der Waals surface area contributed by atoms with Crippen molar-refractivity contribution in [3.63, 3.8) is 0 Å². The average molecular weight is 308 g/mol. The Morgan fingerprint density at radius 3 is 2.13 bits per heavy atom. The van der Waals surface area contributed by atoms with Gasteiger partial charge in [0.15, 0.2) is 0 Å². The summed E-state index contributed by atoms with van der Waals surface area (Å²) in [6.45, 7) is 0. The molecule has 4 saturated carbocycles. The van der Waals surface area contributed by atoms with E-state index in [1.165, 1.54) is 43.1 Å². The Bertz CT molecular complexity index is 736. The van der Waals surface area contributed by atoms with Gasteiger partial charge in [-0.3, -0.25) is 0 Å². The van der Waals surface area contributed by atoms with Gasteiger partial charge in [0.25, 0.3) is 0 Å². The van der Waals surface area contributed by atoms with Gasteiger partial charge in [0.2, 0.25) is 0 Å². The van der Waals surface area contributed by atoms with E-state index in [9.17, 15) is 5.11 Å². The normalized spacial score (nSPS) is 38.3. The molecule has 0 aliphatic heterocycles. The second kappa shape index (κ2) is 4.73. The molecule has 2 aromatic rings. The molecule has 23 heavy (non-hydrogen) atoms. The van der Waals surface area contributed by atoms with Crippen molar-refractivity contribution in [1.29, 1.82) is 0 Å². The molecule has 4 aliphatic rings. The number of ether oxygens (including phenoxy) is 1. The second-order valence-corrected chi connectivity index (χ2v) is 7.98. The maximum Gasteiger partial charge on any atom is 0.123 e. The van der Waals surface area contributed by atoms with Crippen molar-refractivity contribution in [1.82, 2.24) is 0 Å². The molecule has 4 fully saturated rings. The van der Waals surface area contributed by atoms with Crippen LogP contribution in [0, 0.1) is 23.7 Å². The highest BCUT2D eigenvalue weighted by Gasteiger charge is 2.58. The number of benzene rings is 2. The number of phenolic OH excluding ortho intramolecular Hbond substituents is 1. The highest BCUT2D eigenvalue weighted by Crippen LogP contribution is 2.63. The SMILES string of the molecule is COC1(c2cccc3c(O)cccc23)C2CC3CC(C2)CC1C3. The minimum absolute atomic E-state index is 0.152. The minimum atomic E-state index is -0.152. The third-order valence-electron chi connectivity index (χ3n) is 7.01. The van der Waals surface area contributed by atoms with Gasteiger partial charge in [0.05, 0.1) is 5.60 Å². The molecule has 0 spiro atoms. The van der Waals surface area contributed by atoms with Crippen LogP contribution in [0.1, 0.15) is 37.7 Å². The summed E-state index contributed by atoms with van der Waals surface area (Å²) < 4.78 is 6.37. The van der Waals surface area contributed by atoms with Crippen LogP contribution in [0.3, 0.4) is 0 Å². The third kappa shape index (κ3) is 1.73. The maximum atomic E-state index is 10.3. The molecule has 0 heterocycles. The summed E-state index contributed by atoms with van der Waals surface area (Å²) in [4.78, 5) is 0. The first-order chi connectivity index (χ1) is 11.2. The molecule has 2 nitrogen and oxygen atoms in total. The second-order valence-electron chi connectivity index (χ2n) is 7.98. The summed E-state index contributed by atoms with van der Waals surface area (Å²) in [6, 6.07) is 12.2. The van der Waals surface area contributed by atoms with E-state index in [2.05, 4.69) is 18.2 Å². The molecule has 1 N–H and O–H groups in total. The van der Waals surface area contributed by atoms with Gasteiger partial charge in [0.1, 0.15) is 5.75 Å². The molecule has 0 unspecified atom stereocenters. The van der Waals surface area contributed by atoms with Crippen LogP contribution in [0.25, 0.3) is 10.8 Å². The number of aromatic hydroxyl groups is 1. The van der Waals surface area contributed by atoms with E-state index in [-0.39, 0.29) is 5.60 Å². The monoisotopic (exact) mass is 308 g/mol. The van der Waals surface area contributed by atoms with Gasteiger partial charge in [-0.1, -0.05) is 30.3 Å². The molecule has 0 radical (unpaired) electrons. The van der Waals surface area contributed by atoms with Gasteiger partial charge in [-0.2, -0.15) is 0 Å². The summed E-state index contributed by atoms with van der Waals surface area (Å²) in [5, 5.41) is 12.4. The van der Waals surface area contributed by atoms with E-state index in [0.717, 1.165) is 17.2 Å². The van der Waals surface area contributed by atoms with Crippen LogP contribution in [-0.2, 0) is 10.3 Å². The van der Waals surface area contributed by atoms with Crippen molar-refractivity contribution in [3.8, 4) is 5.75 Å². The molecule has 2 heteroatoms. The third-order valence-corrected chi connectivity index (χ3v) is 7.01. The number of rotatable bonds is 2. The standard InChI is InChI=1S/C21H24O2/c1-23-21(15-9-13-8-14(11-15)12-16(21)10-13)19-6-2-5-18-17(19)4-3-7-20(18)22/h2-7,13-16,22H,8-12H2,1H3. The zero-order valence-electron chi connectivity index (χ0n) is 13.7. The average Bonchev–Trinajstić information content (AvgIpc) is 2.55. The van der Waals surface area contributed by atoms with Crippen LogP contribution in [0.15, 0.2) is 36.4 Å². The number of hydrogen-bond donors (Lipinski definition) is 1. The van der Waals surface area contributed by atoms with Gasteiger partial charge in [-0.15, -0.1) is 0 Å². The van der Waals surface area contributed by atoms with Gasteiger partial charge >= 0.3 is 0 Å². The van der Waals surface area contributed by atoms with Crippen LogP contribution in [0.5, 0.6) is 5.75 Å². The van der Waals surface area contributed by atoms with Gasteiger partial charge in [-0.25, -0.2) is 0 Å². The van der Waals surface area contributed by atoms with Crippen molar-refractivity contribution in [2.45, 2.75) is 37.7 Å². The Morgan fingerprint density at radius 2 is 1.48 bits per heavy atom. The Hall–Kier alpha value is -1.54. The molecule has 0 atom stereocenters. The van der Waals surface area contributed by atoms with Crippen LogP contribution >= 0.6 is 0 Å². The summed E-state index contributed by atoms with van der Waals surface area (Å²) in [5.41, 5.74) is 1.16. The van der Waals surface area contributed by atoms with Crippen molar-refractivity contribution >= 4 is 10.8 Å². The Morgan fingerprint density at radius 1 is 0.870 bits per heavy atom. The fraction of sp³-hybridized carbons (Fsp3) is 0.524. The molecular weight excluding hydrogens is 284 g/mol. The fourth-order valence-electron chi connectivity index (χ4n) is 6.40. The quantitative estimate of drug-likeness (QED) is 0.860. The van der Waals surface area contributed by atoms with E-state index in [4.69, 9.17) is 4.74 Å². The smallest absolute Gasteiger partial charge is 0.123 e. The predicted octanol–water partition coefficient (Wildman–Crippen LogP) is 4.84. The molecular formula is C21H24O2. The van der Waals surface area contributed by atoms with Crippen molar-refractivity contribution in [2.24, 2.45) is 23.7 Å². The van der Waals surface area contributed by atoms with Gasteiger partial charge in [0, 0.05) is 12.5 Å². The maximum absolute atomic E-state index is 10.3. The number of hydrogen-bond acceptors (Lipinski definition) is 2. The molecule has 2 aromatic carbocycles. The van der Waals surface area contributed by atoms with E-state index in [0.29, 0.717) is 17.6 Å². The van der Waals surface area contributed by atoms with Crippen LogP contribution in [0.4, 0.5) is 0 Å². The van der Waals surface area contributed by atoms with E-state index in [1.807, 2.05) is 19.2 Å².